The van der Waals surface area contributed by atoms with Crippen LogP contribution >= 0.6 is 11.6 Å². The molecule has 2 fully saturated rings. The number of carbonyl (C=O) groups is 3. The van der Waals surface area contributed by atoms with Crippen molar-refractivity contribution >= 4 is 29.3 Å². The molecule has 2 N–H and O–H groups in total. The molecule has 0 radical (unpaired) electrons. The Labute approximate surface area is 237 Å². The Balaban J connectivity index is 1.74. The summed E-state index contributed by atoms with van der Waals surface area (Å²) in [6.07, 6.45) is 0. The van der Waals surface area contributed by atoms with Crippen LogP contribution in [0.5, 0.6) is 5.75 Å². The van der Waals surface area contributed by atoms with E-state index in [1.54, 1.807) is 68.3 Å². The zero-order valence-electron chi connectivity index (χ0n) is 22.6. The average molecular weight is 566 g/mol. The fraction of sp³-hybridized carbons (Fsp3) is 0.367. The van der Waals surface area contributed by atoms with Gasteiger partial charge in [-0.2, -0.15) is 0 Å². The number of methoxy groups -OCH3 is 1. The number of ether oxygens (including phenoxy) is 2. The topological polar surface area (TPSA) is 115 Å². The molecule has 3 heterocycles. The Bertz CT molecular complexity index is 1400. The lowest BCUT2D eigenvalue weighted by molar-refractivity contribution is -0.122. The van der Waals surface area contributed by atoms with Crippen molar-refractivity contribution in [1.29, 1.82) is 0 Å². The molecule has 0 saturated carbocycles. The van der Waals surface area contributed by atoms with Crippen molar-refractivity contribution in [3.8, 4) is 5.75 Å². The first-order chi connectivity index (χ1) is 19.2. The maximum absolute atomic E-state index is 14.5. The smallest absolute Gasteiger partial charge is 0.321 e. The Hall–Kier alpha value is -3.82. The number of hydrogen-bond acceptors (Lipinski definition) is 6. The van der Waals surface area contributed by atoms with E-state index in [-0.39, 0.29) is 11.8 Å². The summed E-state index contributed by atoms with van der Waals surface area (Å²) in [5.74, 6) is -0.841. The average Bonchev–Trinajstić information content (AvgIpc) is 3.50. The number of amides is 3. The number of nitrogens with zero attached hydrogens (tertiary/aromatic N) is 2. The van der Waals surface area contributed by atoms with Crippen molar-refractivity contribution in [3.63, 3.8) is 0 Å². The molecule has 9 nitrogen and oxygen atoms in total. The number of aryl methyl sites for hydroxylation is 2. The molecule has 3 aromatic rings. The summed E-state index contributed by atoms with van der Waals surface area (Å²) in [6, 6.07) is 13.6. The van der Waals surface area contributed by atoms with Gasteiger partial charge in [0.15, 0.2) is 5.78 Å². The Kier molecular flexibility index (Phi) is 7.87. The molecule has 5 rings (SSSR count). The molecular formula is C30H32ClN3O6. The lowest BCUT2D eigenvalue weighted by atomic mass is 9.76. The first-order valence-corrected chi connectivity index (χ1v) is 13.5. The quantitative estimate of drug-likeness (QED) is 0.440. The number of morpholine rings is 1. The van der Waals surface area contributed by atoms with Crippen LogP contribution in [0.1, 0.15) is 45.0 Å². The zero-order valence-corrected chi connectivity index (χ0v) is 23.4. The minimum Gasteiger partial charge on any atom is -0.497 e. The van der Waals surface area contributed by atoms with E-state index >= 15 is 0 Å². The van der Waals surface area contributed by atoms with Crippen LogP contribution in [0.4, 0.5) is 4.79 Å². The Morgan fingerprint density at radius 3 is 2.15 bits per heavy atom. The van der Waals surface area contributed by atoms with Gasteiger partial charge in [-0.25, -0.2) is 4.79 Å². The Morgan fingerprint density at radius 2 is 1.60 bits per heavy atom. The summed E-state index contributed by atoms with van der Waals surface area (Å²) < 4.78 is 16.5. The van der Waals surface area contributed by atoms with Crippen molar-refractivity contribution in [1.82, 2.24) is 9.80 Å². The number of urea groups is 1. The SMILES string of the molecule is COc1ccc(C2C(C(=O)c3cc(C)oc3C)C(c3ccc(Cl)cc3)N(C(=O)N3CCOCC3)C2C(N)=O)cc1. The predicted octanol–water partition coefficient (Wildman–Crippen LogP) is 4.50. The van der Waals surface area contributed by atoms with Gasteiger partial charge in [0.2, 0.25) is 5.91 Å². The Morgan fingerprint density at radius 1 is 0.975 bits per heavy atom. The van der Waals surface area contributed by atoms with E-state index in [0.717, 1.165) is 0 Å². The van der Waals surface area contributed by atoms with Crippen molar-refractivity contribution in [2.24, 2.45) is 11.7 Å². The molecule has 2 saturated heterocycles. The van der Waals surface area contributed by atoms with Crippen molar-refractivity contribution in [2.45, 2.75) is 31.8 Å². The fourth-order valence-electron chi connectivity index (χ4n) is 5.99. The number of carbonyl (C=O) groups excluding carboxylic acids is 3. The van der Waals surface area contributed by atoms with Gasteiger partial charge in [-0.15, -0.1) is 0 Å². The maximum Gasteiger partial charge on any atom is 0.321 e. The molecular weight excluding hydrogens is 534 g/mol. The van der Waals surface area contributed by atoms with E-state index < -0.39 is 29.8 Å². The molecule has 4 unspecified atom stereocenters. The third-order valence-electron chi connectivity index (χ3n) is 7.78. The summed E-state index contributed by atoms with van der Waals surface area (Å²) in [6.45, 7) is 4.99. The first kappa shape index (κ1) is 27.7. The predicted molar refractivity (Wildman–Crippen MR) is 149 cm³/mol. The zero-order chi connectivity index (χ0) is 28.6. The number of furan rings is 1. The van der Waals surface area contributed by atoms with Crippen LogP contribution in [-0.2, 0) is 9.53 Å². The van der Waals surface area contributed by atoms with Gasteiger partial charge in [-0.3, -0.25) is 9.59 Å². The third-order valence-corrected chi connectivity index (χ3v) is 8.03. The molecule has 0 spiro atoms. The van der Waals surface area contributed by atoms with Gasteiger partial charge in [-0.05, 0) is 55.3 Å². The van der Waals surface area contributed by atoms with Crippen molar-refractivity contribution in [3.05, 3.63) is 87.8 Å². The van der Waals surface area contributed by atoms with Crippen LogP contribution in [0.25, 0.3) is 0 Å². The maximum atomic E-state index is 14.5. The first-order valence-electron chi connectivity index (χ1n) is 13.2. The van der Waals surface area contributed by atoms with Crippen molar-refractivity contribution in [2.75, 3.05) is 33.4 Å². The normalized spacial score (nSPS) is 22.8. The van der Waals surface area contributed by atoms with Gasteiger partial charge in [0.05, 0.1) is 37.8 Å². The molecule has 4 atom stereocenters. The number of hydrogen-bond donors (Lipinski definition) is 1. The van der Waals surface area contributed by atoms with E-state index in [2.05, 4.69) is 0 Å². The number of likely N-dealkylation sites (tertiary alicyclic amines) is 1. The number of ketones is 1. The van der Waals surface area contributed by atoms with Crippen LogP contribution < -0.4 is 10.5 Å². The highest BCUT2D eigenvalue weighted by Crippen LogP contribution is 2.52. The largest absolute Gasteiger partial charge is 0.497 e. The summed E-state index contributed by atoms with van der Waals surface area (Å²) in [4.78, 5) is 45.2. The lowest BCUT2D eigenvalue weighted by Gasteiger charge is -2.37. The second kappa shape index (κ2) is 11.3. The number of rotatable bonds is 6. The van der Waals surface area contributed by atoms with Crippen LogP contribution in [0.3, 0.4) is 0 Å². The van der Waals surface area contributed by atoms with Crippen LogP contribution in [0.15, 0.2) is 59.0 Å². The molecule has 10 heteroatoms. The molecule has 2 aromatic carbocycles. The van der Waals surface area contributed by atoms with Crippen molar-refractivity contribution < 1.29 is 28.3 Å². The highest BCUT2D eigenvalue weighted by atomic mass is 35.5. The molecule has 40 heavy (non-hydrogen) atoms. The van der Waals surface area contributed by atoms with Crippen LogP contribution in [0, 0.1) is 19.8 Å². The van der Waals surface area contributed by atoms with E-state index in [1.807, 2.05) is 12.1 Å². The van der Waals surface area contributed by atoms with E-state index in [4.69, 9.17) is 31.2 Å². The third kappa shape index (κ3) is 5.07. The standard InChI is InChI=1S/C30H32ClN3O6/c1-17-16-23(18(2)40-17)28(35)25-24(19-6-10-22(38-3)11-7-19)27(29(32)36)34(30(37)33-12-14-39-15-13-33)26(25)20-4-8-21(31)9-5-20/h4-11,16,24-27H,12-15H2,1-3H3,(H2,32,36). The summed E-state index contributed by atoms with van der Waals surface area (Å²) in [5, 5.41) is 0.509. The van der Waals surface area contributed by atoms with Crippen LogP contribution in [-0.4, -0.2) is 67.0 Å². The minimum absolute atomic E-state index is 0.237. The highest BCUT2D eigenvalue weighted by molar-refractivity contribution is 6.30. The monoisotopic (exact) mass is 565 g/mol. The summed E-state index contributed by atoms with van der Waals surface area (Å²) in [5.41, 5.74) is 7.86. The second-order valence-corrected chi connectivity index (χ2v) is 10.6. The van der Waals surface area contributed by atoms with Gasteiger partial charge in [0, 0.05) is 24.0 Å². The molecule has 210 valence electrons. The number of halogens is 1. The van der Waals surface area contributed by atoms with Gasteiger partial charge in [-0.1, -0.05) is 35.9 Å². The second-order valence-electron chi connectivity index (χ2n) is 10.1. The lowest BCUT2D eigenvalue weighted by Crippen LogP contribution is -2.54. The number of benzene rings is 2. The fourth-order valence-corrected chi connectivity index (χ4v) is 6.11. The van der Waals surface area contributed by atoms with E-state index in [9.17, 15) is 14.4 Å². The van der Waals surface area contributed by atoms with Gasteiger partial charge < -0.3 is 29.4 Å². The number of primary amides is 1. The summed E-state index contributed by atoms with van der Waals surface area (Å²) >= 11 is 6.22. The van der Waals surface area contributed by atoms with E-state index in [0.29, 0.717) is 65.3 Å². The number of nitrogens with two attached hydrogens (primary N) is 1. The van der Waals surface area contributed by atoms with Crippen LogP contribution in [0.2, 0.25) is 5.02 Å². The summed E-state index contributed by atoms with van der Waals surface area (Å²) in [7, 11) is 1.56. The highest BCUT2D eigenvalue weighted by Gasteiger charge is 2.58. The minimum atomic E-state index is -1.10. The molecule has 3 amide bonds. The number of Topliss-reactive ketones (excluding diaryl/α,β-unsaturated/α-hetero) is 1. The molecule has 0 bridgehead atoms. The molecule has 2 aliphatic rings. The molecule has 0 aliphatic carbocycles. The van der Waals surface area contributed by atoms with Gasteiger partial charge in [0.1, 0.15) is 23.3 Å². The molecule has 1 aromatic heterocycles. The molecule has 2 aliphatic heterocycles. The van der Waals surface area contributed by atoms with E-state index in [1.165, 1.54) is 4.90 Å². The van der Waals surface area contributed by atoms with Gasteiger partial charge >= 0.3 is 6.03 Å². The van der Waals surface area contributed by atoms with Gasteiger partial charge in [0.25, 0.3) is 0 Å².